The number of nitrogens with zero attached hydrogens (tertiary/aromatic N) is 4. The molecule has 0 bridgehead atoms. The van der Waals surface area contributed by atoms with Crippen LogP contribution in [0.1, 0.15) is 114 Å². The van der Waals surface area contributed by atoms with Crippen LogP contribution in [0.15, 0.2) is 77.5 Å². The fourth-order valence-electron chi connectivity index (χ4n) is 10.2. The summed E-state index contributed by atoms with van der Waals surface area (Å²) in [7, 11) is -0.230. The zero-order valence-electron chi connectivity index (χ0n) is 42.9. The third-order valence-corrected chi connectivity index (χ3v) is 15.9. The molecule has 1 fully saturated rings. The van der Waals surface area contributed by atoms with Crippen LogP contribution in [0.25, 0.3) is 42.6 Å². The molecule has 10 nitrogen and oxygen atoms in total. The molecule has 70 heavy (non-hydrogen) atoms. The van der Waals surface area contributed by atoms with Gasteiger partial charge in [0.15, 0.2) is 11.4 Å². The lowest BCUT2D eigenvalue weighted by atomic mass is 9.67. The molecule has 2 aromatic heterocycles. The van der Waals surface area contributed by atoms with Crippen molar-refractivity contribution in [3.63, 3.8) is 0 Å². The van der Waals surface area contributed by atoms with Crippen molar-refractivity contribution in [1.29, 1.82) is 0 Å². The first kappa shape index (κ1) is 53.1. The summed E-state index contributed by atoms with van der Waals surface area (Å²) in [6.07, 6.45) is 10.5. The number of benzene rings is 4. The number of fused-ring (bicyclic) bond motifs is 4. The van der Waals surface area contributed by atoms with Crippen molar-refractivity contribution in [3.05, 3.63) is 134 Å². The molecule has 0 radical (unpaired) electrons. The smallest absolute Gasteiger partial charge is 0.399 e. The van der Waals surface area contributed by atoms with E-state index in [0.717, 1.165) is 68.7 Å². The van der Waals surface area contributed by atoms with Crippen molar-refractivity contribution < 1.29 is 29.7 Å². The number of aryl methyl sites for hydroxylation is 4. The number of aliphatic hydroxyl groups excluding tert-OH is 4. The predicted octanol–water partition coefficient (Wildman–Crippen LogP) is 11.9. The highest BCUT2D eigenvalue weighted by atomic mass is 79.9. The molecule has 9 rings (SSSR count). The molecule has 370 valence electrons. The number of aliphatic hydroxyl groups is 4. The van der Waals surface area contributed by atoms with Gasteiger partial charge in [0.25, 0.3) is 0 Å². The van der Waals surface area contributed by atoms with Gasteiger partial charge in [-0.25, -0.2) is 9.69 Å². The fourth-order valence-corrected chi connectivity index (χ4v) is 10.8. The fraction of sp³-hybridized carbons (Fsp3) is 0.483. The Morgan fingerprint density at radius 3 is 1.66 bits per heavy atom. The van der Waals surface area contributed by atoms with Crippen LogP contribution in [-0.2, 0) is 48.1 Å². The van der Waals surface area contributed by atoms with Gasteiger partial charge in [-0.3, -0.25) is 0 Å². The third kappa shape index (κ3) is 11.5. The van der Waals surface area contributed by atoms with E-state index >= 15 is 0 Å². The van der Waals surface area contributed by atoms with E-state index in [-0.39, 0.29) is 31.5 Å². The minimum atomic E-state index is -0.721. The van der Waals surface area contributed by atoms with Crippen LogP contribution in [0, 0.1) is 37.8 Å². The highest BCUT2D eigenvalue weighted by Gasteiger charge is 2.52. The first-order chi connectivity index (χ1) is 33.0. The molecule has 0 spiro atoms. The van der Waals surface area contributed by atoms with E-state index in [1.54, 1.807) is 0 Å². The summed E-state index contributed by atoms with van der Waals surface area (Å²) < 4.78 is 17.6. The topological polar surface area (TPSA) is 118 Å². The number of rotatable bonds is 10. The van der Waals surface area contributed by atoms with E-state index in [1.807, 2.05) is 42.8 Å². The minimum Gasteiger partial charge on any atom is -0.399 e. The van der Waals surface area contributed by atoms with Crippen molar-refractivity contribution in [2.45, 2.75) is 157 Å². The Morgan fingerprint density at radius 2 is 1.13 bits per heavy atom. The second-order valence-corrected chi connectivity index (χ2v) is 23.2. The van der Waals surface area contributed by atoms with Gasteiger partial charge < -0.3 is 38.9 Å². The lowest BCUT2D eigenvalue weighted by Crippen LogP contribution is -2.41. The standard InChI is InChI=1S/C26H30N2O2.C18H27BO2.C14H15BrN2O2/c1-17-12-25-22(13-24(17)27-4)23(15-28(25)11-9-19(30)16-29)21-7-5-6-18-14-26(2,3)10-8-20(18)21;1-16(2)11-10-14-13(12-16)8-7-9-15(14)19-20-17(3,4)18(5,6)21-19;1-9-5-14-11(6-13(9)16-2)12(15)7-17(14)4-3-10(19)8-18/h5-7,12-13,15,19,29-30H,8-11,14,16H2,1-3H3;7-9H,10-12H2,1-6H3;5-7,10,18-19H,3-4,8H2,1H3. The summed E-state index contributed by atoms with van der Waals surface area (Å²) in [4.78, 5) is 7.23. The molecule has 2 unspecified atom stereocenters. The average molecular weight is 1010 g/mol. The van der Waals surface area contributed by atoms with Crippen molar-refractivity contribution >= 4 is 61.7 Å². The number of halogens is 1. The van der Waals surface area contributed by atoms with Crippen LogP contribution in [0.2, 0.25) is 0 Å². The number of hydrogen-bond acceptors (Lipinski definition) is 6. The van der Waals surface area contributed by atoms with Crippen LogP contribution < -0.4 is 5.46 Å². The maximum Gasteiger partial charge on any atom is 0.495 e. The van der Waals surface area contributed by atoms with Gasteiger partial charge in [0.1, 0.15) is 0 Å². The first-order valence-corrected chi connectivity index (χ1v) is 25.6. The van der Waals surface area contributed by atoms with Crippen LogP contribution in [0.5, 0.6) is 0 Å². The molecule has 6 aromatic rings. The molecule has 3 heterocycles. The monoisotopic (exact) mass is 1010 g/mol. The van der Waals surface area contributed by atoms with Gasteiger partial charge in [-0.15, -0.1) is 0 Å². The maximum atomic E-state index is 9.86. The summed E-state index contributed by atoms with van der Waals surface area (Å²) >= 11 is 3.49. The van der Waals surface area contributed by atoms with Crippen LogP contribution in [-0.4, -0.2) is 73.3 Å². The maximum absolute atomic E-state index is 9.86. The molecule has 0 amide bonds. The van der Waals surface area contributed by atoms with Crippen LogP contribution in [0.4, 0.5) is 11.4 Å². The van der Waals surface area contributed by atoms with Crippen molar-refractivity contribution in [1.82, 2.24) is 9.13 Å². The zero-order chi connectivity index (χ0) is 50.9. The Kier molecular flexibility index (Phi) is 16.0. The lowest BCUT2D eigenvalue weighted by Gasteiger charge is -2.32. The SMILES string of the molecule is CC1(C)CCc2c(cccc2B2OC(C)(C)C(C)(C)O2)C1.[C-]#[N+]c1cc2c(-c3cccc4c3CCC(C)(C)C4)cn(CCC(O)CO)c2cc1C.[C-]#[N+]c1cc2c(Br)cn(CCC(O)CO)c2cc1C. The van der Waals surface area contributed by atoms with E-state index < -0.39 is 12.2 Å². The van der Waals surface area contributed by atoms with E-state index in [9.17, 15) is 15.3 Å². The molecule has 1 saturated heterocycles. The number of aromatic nitrogens is 2. The molecule has 0 saturated carbocycles. The Hall–Kier alpha value is -4.76. The Labute approximate surface area is 424 Å². The largest absolute Gasteiger partial charge is 0.495 e. The predicted molar refractivity (Wildman–Crippen MR) is 288 cm³/mol. The van der Waals surface area contributed by atoms with Gasteiger partial charge in [-0.1, -0.05) is 64.1 Å². The molecule has 4 N–H and O–H groups in total. The van der Waals surface area contributed by atoms with Crippen molar-refractivity contribution in [3.8, 4) is 11.1 Å². The first-order valence-electron chi connectivity index (χ1n) is 24.8. The summed E-state index contributed by atoms with van der Waals surface area (Å²) in [6.45, 7) is 37.2. The third-order valence-electron chi connectivity index (χ3n) is 15.2. The Balaban J connectivity index is 0.000000160. The molecule has 12 heteroatoms. The van der Waals surface area contributed by atoms with Gasteiger partial charge in [0.2, 0.25) is 0 Å². The van der Waals surface area contributed by atoms with E-state index in [2.05, 4.69) is 134 Å². The van der Waals surface area contributed by atoms with Crippen molar-refractivity contribution in [2.24, 2.45) is 10.8 Å². The summed E-state index contributed by atoms with van der Waals surface area (Å²) in [5.41, 5.74) is 15.0. The van der Waals surface area contributed by atoms with Gasteiger partial charge >= 0.3 is 7.12 Å². The van der Waals surface area contributed by atoms with Gasteiger partial charge in [0, 0.05) is 51.9 Å². The Morgan fingerprint density at radius 1 is 0.657 bits per heavy atom. The summed E-state index contributed by atoms with van der Waals surface area (Å²) in [5, 5.41) is 39.4. The van der Waals surface area contributed by atoms with E-state index in [1.165, 1.54) is 46.1 Å². The molecule has 2 atom stereocenters. The van der Waals surface area contributed by atoms with Gasteiger partial charge in [-0.05, 0) is 194 Å². The van der Waals surface area contributed by atoms with Gasteiger partial charge in [-0.2, -0.15) is 0 Å². The Bertz CT molecular complexity index is 2940. The minimum absolute atomic E-state index is 0.221. The summed E-state index contributed by atoms with van der Waals surface area (Å²) in [6, 6.07) is 21.2. The normalized spacial score (nSPS) is 18.1. The number of hydrogen-bond donors (Lipinski definition) is 4. The molecule has 3 aliphatic rings. The average Bonchev–Trinajstić information content (AvgIpc) is 3.90. The van der Waals surface area contributed by atoms with Crippen LogP contribution in [0.3, 0.4) is 0 Å². The van der Waals surface area contributed by atoms with Crippen LogP contribution >= 0.6 is 15.9 Å². The molecular formula is C58H72BBrN4O6. The molecule has 1 aliphatic heterocycles. The second-order valence-electron chi connectivity index (χ2n) is 22.4. The quantitative estimate of drug-likeness (QED) is 0.0802. The lowest BCUT2D eigenvalue weighted by molar-refractivity contribution is 0.00578. The highest BCUT2D eigenvalue weighted by Crippen LogP contribution is 2.43. The van der Waals surface area contributed by atoms with E-state index in [0.29, 0.717) is 48.1 Å². The van der Waals surface area contributed by atoms with Crippen molar-refractivity contribution in [2.75, 3.05) is 13.2 Å². The molecule has 4 aromatic carbocycles. The van der Waals surface area contributed by atoms with E-state index in [4.69, 9.17) is 27.6 Å². The van der Waals surface area contributed by atoms with Gasteiger partial charge in [0.05, 0.1) is 49.8 Å². The summed E-state index contributed by atoms with van der Waals surface area (Å²) in [5.74, 6) is 0. The zero-order valence-corrected chi connectivity index (χ0v) is 44.5. The molecule has 2 aliphatic carbocycles. The highest BCUT2D eigenvalue weighted by molar-refractivity contribution is 9.10. The second kappa shape index (κ2) is 21.1. The molecular weight excluding hydrogens is 939 g/mol.